The van der Waals surface area contributed by atoms with E-state index in [1.54, 1.807) is 0 Å². The molecule has 8 heteroatoms. The second kappa shape index (κ2) is 27.7. The molecule has 1 spiro atoms. The van der Waals surface area contributed by atoms with Crippen LogP contribution >= 0.6 is 0 Å². The average molecular weight is 1640 g/mol. The Morgan fingerprint density at radius 2 is 0.426 bits per heavy atom. The lowest BCUT2D eigenvalue weighted by atomic mass is 9.33. The molecule has 0 N–H and O–H groups in total. The molecule has 2 aromatic heterocycles. The van der Waals surface area contributed by atoms with E-state index in [1.807, 2.05) is 0 Å². The Hall–Kier alpha value is -16.7. The first-order valence-corrected chi connectivity index (χ1v) is 44.9. The fourth-order valence-electron chi connectivity index (χ4n) is 23.5. The SMILES string of the molecule is c1ccc(-c2ccc(N3c4ccc(-c5ccccc5)cc4B4c5cc6c(cc5N(c5ccccc5)c5cc(-n7c8ccccc8c8ccccc87)cc3c54)C3(c4ccccc4-6)c4ccccc4-c4cc5c(cc43)N(c3ccccc3)c3cc(-n4c6ccccc6c6ccccc64)cc4c3B5c3cc(-c5ccccc5)ccc3N4c3ccc(-c4ccccc4)cc3)cc2)cc1. The predicted octanol–water partition coefficient (Wildman–Crippen LogP) is 27.1. The number of rotatable bonds is 10. The summed E-state index contributed by atoms with van der Waals surface area (Å²) in [7, 11) is 0. The number of fused-ring (bicyclic) bond motifs is 24. The van der Waals surface area contributed by atoms with E-state index in [4.69, 9.17) is 0 Å². The van der Waals surface area contributed by atoms with E-state index in [0.717, 1.165) is 102 Å². The molecule has 0 saturated heterocycles. The Balaban J connectivity index is 0.728. The van der Waals surface area contributed by atoms with Gasteiger partial charge in [-0.25, -0.2) is 0 Å². The van der Waals surface area contributed by atoms with Crippen molar-refractivity contribution in [2.24, 2.45) is 0 Å². The van der Waals surface area contributed by atoms with Gasteiger partial charge in [0.1, 0.15) is 0 Å². The summed E-state index contributed by atoms with van der Waals surface area (Å²) in [6, 6.07) is 175. The zero-order valence-electron chi connectivity index (χ0n) is 70.2. The van der Waals surface area contributed by atoms with Crippen LogP contribution in [-0.2, 0) is 5.41 Å². The highest BCUT2D eigenvalue weighted by Gasteiger charge is 2.56. The highest BCUT2D eigenvalue weighted by Crippen LogP contribution is 2.65. The van der Waals surface area contributed by atoms with Crippen LogP contribution in [0, 0.1) is 0 Å². The molecule has 22 aromatic rings. The summed E-state index contributed by atoms with van der Waals surface area (Å²) in [6.45, 7) is -0.496. The first kappa shape index (κ1) is 71.7. The zero-order chi connectivity index (χ0) is 84.3. The summed E-state index contributed by atoms with van der Waals surface area (Å²) in [5, 5.41) is 4.86. The lowest BCUT2D eigenvalue weighted by Crippen LogP contribution is -2.61. The van der Waals surface area contributed by atoms with Crippen LogP contribution in [0.25, 0.3) is 122 Å². The van der Waals surface area contributed by atoms with Gasteiger partial charge in [0.25, 0.3) is 13.4 Å². The monoisotopic (exact) mass is 1630 g/mol. The highest BCUT2D eigenvalue weighted by atomic mass is 15.2. The minimum Gasteiger partial charge on any atom is -0.311 e. The Kier molecular flexibility index (Phi) is 15.4. The van der Waals surface area contributed by atoms with E-state index in [2.05, 4.69) is 490 Å². The number of para-hydroxylation sites is 6. The van der Waals surface area contributed by atoms with Crippen molar-refractivity contribution < 1.29 is 0 Å². The van der Waals surface area contributed by atoms with Crippen LogP contribution in [-0.4, -0.2) is 22.6 Å². The van der Waals surface area contributed by atoms with Crippen LogP contribution < -0.4 is 52.4 Å². The topological polar surface area (TPSA) is 22.8 Å². The summed E-state index contributed by atoms with van der Waals surface area (Å²) in [4.78, 5) is 10.5. The minimum atomic E-state index is -0.847. The number of benzene rings is 20. The van der Waals surface area contributed by atoms with Crippen LogP contribution in [0.5, 0.6) is 0 Å². The van der Waals surface area contributed by atoms with Gasteiger partial charge in [-0.2, -0.15) is 0 Å². The number of hydrogen-bond acceptors (Lipinski definition) is 4. The van der Waals surface area contributed by atoms with Crippen molar-refractivity contribution in [3.05, 3.63) is 483 Å². The van der Waals surface area contributed by atoms with Crippen LogP contribution in [0.2, 0.25) is 0 Å². The molecule has 0 radical (unpaired) electrons. The van der Waals surface area contributed by atoms with Gasteiger partial charge in [-0.1, -0.05) is 340 Å². The van der Waals surface area contributed by atoms with E-state index in [1.165, 1.54) is 143 Å². The van der Waals surface area contributed by atoms with E-state index >= 15 is 0 Å². The zero-order valence-corrected chi connectivity index (χ0v) is 70.2. The molecule has 6 aliphatic rings. The van der Waals surface area contributed by atoms with Gasteiger partial charge in [-0.15, -0.1) is 0 Å². The lowest BCUT2D eigenvalue weighted by Gasteiger charge is -2.45. The van der Waals surface area contributed by atoms with Crippen molar-refractivity contribution in [2.75, 3.05) is 19.6 Å². The molecule has 0 amide bonds. The maximum Gasteiger partial charge on any atom is 0.252 e. The molecule has 20 aromatic carbocycles. The van der Waals surface area contributed by atoms with E-state index < -0.39 is 5.41 Å². The predicted molar refractivity (Wildman–Crippen MR) is 541 cm³/mol. The molecule has 0 fully saturated rings. The summed E-state index contributed by atoms with van der Waals surface area (Å²) >= 11 is 0. The Morgan fingerprint density at radius 1 is 0.163 bits per heavy atom. The molecule has 0 saturated carbocycles. The van der Waals surface area contributed by atoms with Gasteiger partial charge in [0.2, 0.25) is 0 Å². The van der Waals surface area contributed by atoms with Gasteiger partial charge in [0, 0.05) is 89.8 Å². The second-order valence-electron chi connectivity index (χ2n) is 35.3. The molecular weight excluding hydrogens is 1560 g/mol. The molecule has 6 nitrogen and oxygen atoms in total. The van der Waals surface area contributed by atoms with Gasteiger partial charge in [-0.05, 0) is 243 Å². The van der Waals surface area contributed by atoms with Crippen molar-refractivity contribution in [1.29, 1.82) is 0 Å². The summed E-state index contributed by atoms with van der Waals surface area (Å²) in [5.41, 5.74) is 46.3. The largest absolute Gasteiger partial charge is 0.311 e. The first-order chi connectivity index (χ1) is 64.0. The summed E-state index contributed by atoms with van der Waals surface area (Å²) in [6.07, 6.45) is 0. The normalized spacial score (nSPS) is 13.6. The standard InChI is InChI=1S/C121H76B2N6/c1-7-31-77(32-8-1)81-55-61-87(62-56-81)124-111-65-59-83(79-35-11-3-12-36-79)67-103(111)122-105-73-97-91-43-19-25-49-99(91)121(101(97)75-113(105)126(85-39-15-5-16-40-85)117-71-89(69-115(124)119(117)122)128-107-51-27-21-45-93(107)94-46-22-28-52-108(94)128)100-50-26-20-44-92(100)98-74-106-114(76-102(98)121)127(86-41-17-6-18-42-86)118-72-90(129-109-53-29-23-47-95(109)96-48-24-30-54-110(96)129)70-116-120(118)123(106)104-68-84(80-37-13-4-14-38-80)60-66-112(104)125(116)88-63-57-82(58-64-88)78-33-9-2-10-34-78/h1-76H. The molecule has 6 heterocycles. The van der Waals surface area contributed by atoms with E-state index in [0.29, 0.717) is 0 Å². The fraction of sp³-hybridized carbons (Fsp3) is 0.00826. The van der Waals surface area contributed by atoms with Crippen molar-refractivity contribution in [3.63, 3.8) is 0 Å². The third kappa shape index (κ3) is 10.3. The van der Waals surface area contributed by atoms with Crippen LogP contribution in [0.15, 0.2) is 461 Å². The molecule has 0 atom stereocenters. The van der Waals surface area contributed by atoms with Gasteiger partial charge in [-0.3, -0.25) is 0 Å². The molecule has 4 aliphatic heterocycles. The Labute approximate surface area is 748 Å². The maximum atomic E-state index is 2.69. The molecule has 0 bridgehead atoms. The molecule has 28 rings (SSSR count). The molecular formula is C121H76B2N6. The molecule has 129 heavy (non-hydrogen) atoms. The third-order valence-electron chi connectivity index (χ3n) is 28.8. The lowest BCUT2D eigenvalue weighted by molar-refractivity contribution is 0.794. The van der Waals surface area contributed by atoms with Crippen LogP contribution in [0.1, 0.15) is 22.3 Å². The van der Waals surface area contributed by atoms with E-state index in [9.17, 15) is 0 Å². The first-order valence-electron chi connectivity index (χ1n) is 44.9. The third-order valence-corrected chi connectivity index (χ3v) is 28.8. The van der Waals surface area contributed by atoms with Gasteiger partial charge >= 0.3 is 0 Å². The average Bonchev–Trinajstić information content (AvgIpc) is 1.58. The van der Waals surface area contributed by atoms with Crippen LogP contribution in [0.3, 0.4) is 0 Å². The summed E-state index contributed by atoms with van der Waals surface area (Å²) < 4.78 is 5.05. The highest BCUT2D eigenvalue weighted by molar-refractivity contribution is 7.01. The van der Waals surface area contributed by atoms with Crippen molar-refractivity contribution in [2.45, 2.75) is 5.41 Å². The fourth-order valence-corrected chi connectivity index (χ4v) is 23.5. The smallest absolute Gasteiger partial charge is 0.252 e. The number of anilines is 12. The quantitative estimate of drug-likeness (QED) is 0.127. The van der Waals surface area contributed by atoms with Gasteiger partial charge in [0.15, 0.2) is 0 Å². The number of nitrogens with zero attached hydrogens (tertiary/aromatic N) is 6. The van der Waals surface area contributed by atoms with Crippen LogP contribution in [0.4, 0.5) is 68.2 Å². The van der Waals surface area contributed by atoms with Crippen molar-refractivity contribution in [1.82, 2.24) is 9.13 Å². The Bertz CT molecular complexity index is 7840. The maximum absolute atomic E-state index is 2.69. The second-order valence-corrected chi connectivity index (χ2v) is 35.3. The Morgan fingerprint density at radius 3 is 0.775 bits per heavy atom. The number of hydrogen-bond donors (Lipinski definition) is 0. The van der Waals surface area contributed by atoms with Crippen molar-refractivity contribution in [3.8, 4) is 78.1 Å². The van der Waals surface area contributed by atoms with Gasteiger partial charge in [0.05, 0.1) is 38.9 Å². The van der Waals surface area contributed by atoms with E-state index in [-0.39, 0.29) is 13.4 Å². The minimum absolute atomic E-state index is 0.248. The van der Waals surface area contributed by atoms with Gasteiger partial charge < -0.3 is 28.7 Å². The number of aromatic nitrogens is 2. The molecule has 2 aliphatic carbocycles. The molecule has 596 valence electrons. The van der Waals surface area contributed by atoms with Crippen molar-refractivity contribution >= 4 is 158 Å². The molecule has 0 unspecified atom stereocenters. The summed E-state index contributed by atoms with van der Waals surface area (Å²) in [5.74, 6) is 0.